The molecule has 4 nitrogen and oxygen atoms in total. The van der Waals surface area contributed by atoms with Crippen LogP contribution in [0.25, 0.3) is 0 Å². The molecule has 0 aliphatic carbocycles. The number of thioether (sulfide) groups is 1. The Morgan fingerprint density at radius 3 is 2.95 bits per heavy atom. The first kappa shape index (κ1) is 16.3. The molecule has 1 N–H and O–H groups in total. The second-order valence-corrected chi connectivity index (χ2v) is 6.46. The van der Waals surface area contributed by atoms with Crippen molar-refractivity contribution in [2.24, 2.45) is 0 Å². The van der Waals surface area contributed by atoms with Gasteiger partial charge in [0.15, 0.2) is 5.76 Å². The van der Waals surface area contributed by atoms with Gasteiger partial charge in [-0.3, -0.25) is 4.79 Å². The average Bonchev–Trinajstić information content (AvgIpc) is 2.80. The lowest BCUT2D eigenvalue weighted by molar-refractivity contribution is 0.0434. The number of furan rings is 1. The van der Waals surface area contributed by atoms with Gasteiger partial charge in [-0.2, -0.15) is 8.78 Å². The quantitative estimate of drug-likeness (QED) is 0.926. The molecule has 0 bridgehead atoms. The minimum absolute atomic E-state index is 0.0413. The smallest absolute Gasteiger partial charge is 0.289 e. The minimum Gasteiger partial charge on any atom is -0.455 e. The van der Waals surface area contributed by atoms with Gasteiger partial charge < -0.3 is 14.4 Å². The summed E-state index contributed by atoms with van der Waals surface area (Å²) in [6.07, 6.45) is 1.91. The number of carbonyl (C=O) groups is 1. The molecule has 1 aromatic rings. The van der Waals surface area contributed by atoms with Crippen molar-refractivity contribution in [3.63, 3.8) is 0 Å². The van der Waals surface area contributed by atoms with Crippen LogP contribution >= 0.6 is 11.8 Å². The summed E-state index contributed by atoms with van der Waals surface area (Å²) in [7, 11) is 0. The molecule has 21 heavy (non-hydrogen) atoms. The molecule has 1 fully saturated rings. The lowest BCUT2D eigenvalue weighted by Gasteiger charge is -2.21. The molecule has 2 rings (SSSR count). The number of hydrogen-bond donors (Lipinski definition) is 1. The van der Waals surface area contributed by atoms with Crippen LogP contribution in [0.2, 0.25) is 0 Å². The number of hydrogen-bond acceptors (Lipinski definition) is 4. The highest BCUT2D eigenvalue weighted by Crippen LogP contribution is 2.24. The van der Waals surface area contributed by atoms with E-state index in [0.29, 0.717) is 43.5 Å². The highest BCUT2D eigenvalue weighted by molar-refractivity contribution is 7.98. The fourth-order valence-electron chi connectivity index (χ4n) is 2.34. The van der Waals surface area contributed by atoms with Crippen LogP contribution in [-0.4, -0.2) is 40.4 Å². The predicted molar refractivity (Wildman–Crippen MR) is 76.4 cm³/mol. The van der Waals surface area contributed by atoms with E-state index in [1.807, 2.05) is 0 Å². The molecule has 7 heteroatoms. The molecule has 0 spiro atoms. The van der Waals surface area contributed by atoms with Crippen molar-refractivity contribution in [2.45, 2.75) is 43.3 Å². The van der Waals surface area contributed by atoms with Crippen LogP contribution in [0.5, 0.6) is 0 Å². The first-order chi connectivity index (χ1) is 9.87. The third kappa shape index (κ3) is 4.71. The molecule has 1 aliphatic heterocycles. The van der Waals surface area contributed by atoms with Gasteiger partial charge in [-0.1, -0.05) is 11.8 Å². The lowest BCUT2D eigenvalue weighted by Crippen LogP contribution is -2.33. The minimum atomic E-state index is -2.46. The van der Waals surface area contributed by atoms with Crippen molar-refractivity contribution in [3.8, 4) is 0 Å². The van der Waals surface area contributed by atoms with Crippen molar-refractivity contribution in [3.05, 3.63) is 23.7 Å². The Morgan fingerprint density at radius 1 is 1.48 bits per heavy atom. The standard InChI is InChI=1S/C14H19F2NO3S/c1-14(19)5-2-7-17(8-6-14)12(18)11-4-3-10(20-11)9-21-13(15)16/h3-4,13,19H,2,5-9H2,1H3. The van der Waals surface area contributed by atoms with E-state index in [4.69, 9.17) is 4.42 Å². The van der Waals surface area contributed by atoms with Crippen molar-refractivity contribution >= 4 is 17.7 Å². The van der Waals surface area contributed by atoms with Crippen LogP contribution in [0.15, 0.2) is 16.5 Å². The van der Waals surface area contributed by atoms with E-state index in [9.17, 15) is 18.7 Å². The zero-order chi connectivity index (χ0) is 15.5. The number of alkyl halides is 2. The number of amides is 1. The molecule has 1 aliphatic rings. The number of halogens is 2. The predicted octanol–water partition coefficient (Wildman–Crippen LogP) is 3.11. The highest BCUT2D eigenvalue weighted by Gasteiger charge is 2.28. The SMILES string of the molecule is CC1(O)CCCN(C(=O)c2ccc(CSC(F)F)o2)CC1. The molecule has 118 valence electrons. The van der Waals surface area contributed by atoms with E-state index in [2.05, 4.69) is 0 Å². The van der Waals surface area contributed by atoms with E-state index in [1.165, 1.54) is 6.07 Å². The van der Waals surface area contributed by atoms with Gasteiger partial charge in [-0.25, -0.2) is 0 Å². The van der Waals surface area contributed by atoms with Crippen LogP contribution in [0.4, 0.5) is 8.78 Å². The van der Waals surface area contributed by atoms with Gasteiger partial charge >= 0.3 is 0 Å². The maximum absolute atomic E-state index is 12.3. The summed E-state index contributed by atoms with van der Waals surface area (Å²) in [5.41, 5.74) is -0.739. The molecule has 1 atom stereocenters. The number of rotatable bonds is 4. The van der Waals surface area contributed by atoms with Gasteiger partial charge in [-0.05, 0) is 38.3 Å². The molecule has 1 amide bonds. The zero-order valence-electron chi connectivity index (χ0n) is 11.8. The molecule has 1 saturated heterocycles. The molecule has 0 radical (unpaired) electrons. The van der Waals surface area contributed by atoms with Crippen molar-refractivity contribution < 1.29 is 23.1 Å². The Balaban J connectivity index is 1.96. The Labute approximate surface area is 126 Å². The average molecular weight is 319 g/mol. The van der Waals surface area contributed by atoms with Gasteiger partial charge in [0.05, 0.1) is 11.4 Å². The van der Waals surface area contributed by atoms with Gasteiger partial charge in [0.1, 0.15) is 5.76 Å². The molecule has 0 saturated carbocycles. The summed E-state index contributed by atoms with van der Waals surface area (Å²) in [4.78, 5) is 14.0. The third-order valence-corrected chi connectivity index (χ3v) is 4.28. The monoisotopic (exact) mass is 319 g/mol. The maximum atomic E-state index is 12.3. The molecule has 1 aromatic heterocycles. The summed E-state index contributed by atoms with van der Waals surface area (Å²) in [5, 5.41) is 10.0. The maximum Gasteiger partial charge on any atom is 0.289 e. The van der Waals surface area contributed by atoms with Crippen molar-refractivity contribution in [1.29, 1.82) is 0 Å². The largest absolute Gasteiger partial charge is 0.455 e. The van der Waals surface area contributed by atoms with Crippen molar-refractivity contribution in [1.82, 2.24) is 4.90 Å². The van der Waals surface area contributed by atoms with E-state index < -0.39 is 11.4 Å². The number of carbonyl (C=O) groups excluding carboxylic acids is 1. The van der Waals surface area contributed by atoms with Crippen LogP contribution in [0.1, 0.15) is 42.5 Å². The molecular formula is C14H19F2NO3S. The van der Waals surface area contributed by atoms with E-state index in [0.717, 1.165) is 6.42 Å². The van der Waals surface area contributed by atoms with E-state index in [-0.39, 0.29) is 17.4 Å². The summed E-state index contributed by atoms with van der Waals surface area (Å²) in [6.45, 7) is 2.80. The third-order valence-electron chi connectivity index (χ3n) is 3.57. The second-order valence-electron chi connectivity index (χ2n) is 5.48. The Hall–Kier alpha value is -1.08. The summed E-state index contributed by atoms with van der Waals surface area (Å²) < 4.78 is 29.6. The molecule has 0 aromatic carbocycles. The number of aliphatic hydroxyl groups is 1. The first-order valence-corrected chi connectivity index (χ1v) is 7.92. The van der Waals surface area contributed by atoms with E-state index in [1.54, 1.807) is 17.9 Å². The summed E-state index contributed by atoms with van der Waals surface area (Å²) >= 11 is 0.463. The zero-order valence-corrected chi connectivity index (χ0v) is 12.7. The van der Waals surface area contributed by atoms with Crippen LogP contribution < -0.4 is 0 Å². The van der Waals surface area contributed by atoms with Crippen LogP contribution in [0.3, 0.4) is 0 Å². The Morgan fingerprint density at radius 2 is 2.24 bits per heavy atom. The summed E-state index contributed by atoms with van der Waals surface area (Å²) in [6, 6.07) is 3.07. The first-order valence-electron chi connectivity index (χ1n) is 6.87. The lowest BCUT2D eigenvalue weighted by atomic mass is 9.98. The second kappa shape index (κ2) is 6.79. The van der Waals surface area contributed by atoms with Gasteiger partial charge in [-0.15, -0.1) is 0 Å². The fraction of sp³-hybridized carbons (Fsp3) is 0.643. The Bertz CT molecular complexity index is 490. The Kier molecular flexibility index (Phi) is 5.27. The number of likely N-dealkylation sites (tertiary alicyclic amines) is 1. The van der Waals surface area contributed by atoms with Crippen LogP contribution in [0, 0.1) is 0 Å². The molecule has 2 heterocycles. The van der Waals surface area contributed by atoms with E-state index >= 15 is 0 Å². The van der Waals surface area contributed by atoms with Crippen molar-refractivity contribution in [2.75, 3.05) is 13.1 Å². The molecular weight excluding hydrogens is 300 g/mol. The summed E-state index contributed by atoms with van der Waals surface area (Å²) in [5.74, 6) is -2.13. The van der Waals surface area contributed by atoms with Gasteiger partial charge in [0.25, 0.3) is 11.7 Å². The topological polar surface area (TPSA) is 53.7 Å². The molecule has 1 unspecified atom stereocenters. The normalized spacial score (nSPS) is 23.4. The highest BCUT2D eigenvalue weighted by atomic mass is 32.2. The van der Waals surface area contributed by atoms with Gasteiger partial charge in [0.2, 0.25) is 0 Å². The van der Waals surface area contributed by atoms with Gasteiger partial charge in [0, 0.05) is 13.1 Å². The number of nitrogens with zero attached hydrogens (tertiary/aromatic N) is 1. The fourth-order valence-corrected chi connectivity index (χ4v) is 2.78. The van der Waals surface area contributed by atoms with Crippen LogP contribution in [-0.2, 0) is 5.75 Å².